The van der Waals surface area contributed by atoms with Gasteiger partial charge in [0.05, 0.1) is 12.0 Å². The maximum atomic E-state index is 14.0. The van der Waals surface area contributed by atoms with Crippen molar-refractivity contribution in [3.63, 3.8) is 0 Å². The lowest BCUT2D eigenvalue weighted by Crippen LogP contribution is -2.43. The van der Waals surface area contributed by atoms with Crippen LogP contribution in [0.4, 0.5) is 8.78 Å². The molecule has 1 saturated heterocycles. The first-order chi connectivity index (χ1) is 10.5. The second-order valence-corrected chi connectivity index (χ2v) is 5.90. The van der Waals surface area contributed by atoms with E-state index >= 15 is 0 Å². The topological polar surface area (TPSA) is 44.4 Å². The summed E-state index contributed by atoms with van der Waals surface area (Å²) in [7, 11) is 3.48. The number of amides is 1. The molecule has 2 atom stereocenters. The molecular formula is C16H25Cl2F2N3O. The Morgan fingerprint density at radius 3 is 2.46 bits per heavy atom. The number of hydrogen-bond donors (Lipinski definition) is 2. The van der Waals surface area contributed by atoms with Crippen molar-refractivity contribution in [3.8, 4) is 0 Å². The lowest BCUT2D eigenvalue weighted by Gasteiger charge is -2.28. The summed E-state index contributed by atoms with van der Waals surface area (Å²) in [5.41, 5.74) is -0.00503. The Morgan fingerprint density at radius 1 is 1.33 bits per heavy atom. The summed E-state index contributed by atoms with van der Waals surface area (Å²) in [4.78, 5) is 13.9. The molecule has 1 aliphatic heterocycles. The van der Waals surface area contributed by atoms with Gasteiger partial charge >= 0.3 is 0 Å². The number of carbonyl (C=O) groups is 1. The van der Waals surface area contributed by atoms with Gasteiger partial charge in [0.2, 0.25) is 5.91 Å². The van der Waals surface area contributed by atoms with Crippen molar-refractivity contribution in [2.75, 3.05) is 33.7 Å². The van der Waals surface area contributed by atoms with Gasteiger partial charge in [-0.2, -0.15) is 0 Å². The molecule has 24 heavy (non-hydrogen) atoms. The van der Waals surface area contributed by atoms with Gasteiger partial charge in [0, 0.05) is 18.7 Å². The zero-order valence-corrected chi connectivity index (χ0v) is 15.5. The first kappa shape index (κ1) is 23.1. The van der Waals surface area contributed by atoms with Crippen molar-refractivity contribution in [1.82, 2.24) is 15.5 Å². The van der Waals surface area contributed by atoms with E-state index in [1.807, 2.05) is 0 Å². The average molecular weight is 384 g/mol. The Bertz CT molecular complexity index is 506. The minimum Gasteiger partial charge on any atom is -0.354 e. The van der Waals surface area contributed by atoms with Crippen LogP contribution in [-0.4, -0.2) is 44.5 Å². The molecular weight excluding hydrogens is 359 g/mol. The smallest absolute Gasteiger partial charge is 0.224 e. The first-order valence-corrected chi connectivity index (χ1v) is 7.59. The van der Waals surface area contributed by atoms with Gasteiger partial charge in [-0.15, -0.1) is 24.8 Å². The van der Waals surface area contributed by atoms with Crippen molar-refractivity contribution in [2.24, 2.45) is 5.92 Å². The molecule has 1 heterocycles. The van der Waals surface area contributed by atoms with Crippen LogP contribution < -0.4 is 10.6 Å². The monoisotopic (exact) mass is 383 g/mol. The second kappa shape index (κ2) is 10.8. The quantitative estimate of drug-likeness (QED) is 0.820. The summed E-state index contributed by atoms with van der Waals surface area (Å²) in [5, 5.41) is 6.02. The highest BCUT2D eigenvalue weighted by molar-refractivity contribution is 5.85. The summed E-state index contributed by atoms with van der Waals surface area (Å²) in [6, 6.07) is 3.28. The van der Waals surface area contributed by atoms with Crippen molar-refractivity contribution < 1.29 is 13.6 Å². The van der Waals surface area contributed by atoms with Crippen LogP contribution in [0.25, 0.3) is 0 Å². The molecule has 2 unspecified atom stereocenters. The van der Waals surface area contributed by atoms with Gasteiger partial charge in [-0.05, 0) is 45.6 Å². The highest BCUT2D eigenvalue weighted by Crippen LogP contribution is 2.24. The minimum atomic E-state index is -0.590. The van der Waals surface area contributed by atoms with Crippen LogP contribution in [0.1, 0.15) is 24.4 Å². The molecule has 0 radical (unpaired) electrons. The molecule has 1 fully saturated rings. The predicted octanol–water partition coefficient (Wildman–Crippen LogP) is 2.53. The average Bonchev–Trinajstić information content (AvgIpc) is 2.50. The van der Waals surface area contributed by atoms with E-state index in [4.69, 9.17) is 0 Å². The van der Waals surface area contributed by atoms with Gasteiger partial charge in [0.1, 0.15) is 11.6 Å². The van der Waals surface area contributed by atoms with Gasteiger partial charge < -0.3 is 15.5 Å². The van der Waals surface area contributed by atoms with Crippen LogP contribution in [-0.2, 0) is 4.79 Å². The van der Waals surface area contributed by atoms with Crippen LogP contribution in [0, 0.1) is 17.6 Å². The normalized spacial score (nSPS) is 18.3. The number of piperidine rings is 1. The number of nitrogens with one attached hydrogen (secondary N) is 2. The van der Waals surface area contributed by atoms with E-state index in [9.17, 15) is 13.6 Å². The third-order valence-electron chi connectivity index (χ3n) is 4.09. The Labute approximate surface area is 154 Å². The Hall–Kier alpha value is -0.950. The number of carbonyl (C=O) groups excluding carboxylic acids is 1. The predicted molar refractivity (Wildman–Crippen MR) is 95.9 cm³/mol. The zero-order chi connectivity index (χ0) is 16.1. The van der Waals surface area contributed by atoms with E-state index in [1.54, 1.807) is 19.0 Å². The Balaban J connectivity index is 0.00000264. The summed E-state index contributed by atoms with van der Waals surface area (Å²) in [6.07, 6.45) is 1.82. The number of rotatable bonds is 5. The maximum absolute atomic E-state index is 14.0. The first-order valence-electron chi connectivity index (χ1n) is 7.59. The number of hydrogen-bond acceptors (Lipinski definition) is 3. The molecule has 4 nitrogen and oxygen atoms in total. The number of nitrogens with zero attached hydrogens (tertiary/aromatic N) is 1. The van der Waals surface area contributed by atoms with Crippen LogP contribution in [0.5, 0.6) is 0 Å². The van der Waals surface area contributed by atoms with Gasteiger partial charge in [-0.25, -0.2) is 8.78 Å². The molecule has 1 aliphatic rings. The van der Waals surface area contributed by atoms with Crippen LogP contribution in [0.2, 0.25) is 0 Å². The van der Waals surface area contributed by atoms with Crippen molar-refractivity contribution in [3.05, 3.63) is 35.4 Å². The van der Waals surface area contributed by atoms with E-state index < -0.39 is 17.7 Å². The second-order valence-electron chi connectivity index (χ2n) is 5.90. The van der Waals surface area contributed by atoms with Crippen LogP contribution >= 0.6 is 24.8 Å². The standard InChI is InChI=1S/C16H23F2N3O.2ClH/c1-21(2)14(15-12(17)6-3-7-13(15)18)10-20-16(22)11-5-4-8-19-9-11;;/h3,6-7,11,14,19H,4-5,8-10H2,1-2H3,(H,20,22);2*1H. The zero-order valence-electron chi connectivity index (χ0n) is 13.9. The lowest BCUT2D eigenvalue weighted by molar-refractivity contribution is -0.125. The molecule has 0 aromatic heterocycles. The van der Waals surface area contributed by atoms with E-state index in [-0.39, 0.29) is 48.7 Å². The van der Waals surface area contributed by atoms with Crippen LogP contribution in [0.3, 0.4) is 0 Å². The largest absolute Gasteiger partial charge is 0.354 e. The third kappa shape index (κ3) is 5.84. The highest BCUT2D eigenvalue weighted by Gasteiger charge is 2.25. The molecule has 0 bridgehead atoms. The van der Waals surface area contributed by atoms with Gasteiger partial charge in [0.15, 0.2) is 0 Å². The van der Waals surface area contributed by atoms with Crippen molar-refractivity contribution in [1.29, 1.82) is 0 Å². The fourth-order valence-corrected chi connectivity index (χ4v) is 2.79. The summed E-state index contributed by atoms with van der Waals surface area (Å²) in [5.74, 6) is -1.31. The van der Waals surface area contributed by atoms with Gasteiger partial charge in [-0.3, -0.25) is 4.79 Å². The fraction of sp³-hybridized carbons (Fsp3) is 0.562. The molecule has 138 valence electrons. The summed E-state index contributed by atoms with van der Waals surface area (Å²) >= 11 is 0. The molecule has 1 amide bonds. The number of halogens is 4. The van der Waals surface area contributed by atoms with E-state index in [0.717, 1.165) is 19.4 Å². The van der Waals surface area contributed by atoms with Gasteiger partial charge in [-0.1, -0.05) is 6.07 Å². The Morgan fingerprint density at radius 2 is 1.96 bits per heavy atom. The lowest BCUT2D eigenvalue weighted by atomic mass is 9.98. The molecule has 1 aromatic carbocycles. The molecule has 2 N–H and O–H groups in total. The highest BCUT2D eigenvalue weighted by atomic mass is 35.5. The molecule has 0 spiro atoms. The SMILES string of the molecule is CN(C)C(CNC(=O)C1CCCNC1)c1c(F)cccc1F.Cl.Cl. The maximum Gasteiger partial charge on any atom is 0.224 e. The molecule has 8 heteroatoms. The van der Waals surface area contributed by atoms with E-state index in [0.29, 0.717) is 6.54 Å². The number of likely N-dealkylation sites (N-methyl/N-ethyl adjacent to an activating group) is 1. The van der Waals surface area contributed by atoms with E-state index in [1.165, 1.54) is 18.2 Å². The molecule has 0 aliphatic carbocycles. The number of benzene rings is 1. The van der Waals surface area contributed by atoms with E-state index in [2.05, 4.69) is 10.6 Å². The van der Waals surface area contributed by atoms with Crippen molar-refractivity contribution >= 4 is 30.7 Å². The molecule has 2 rings (SSSR count). The van der Waals surface area contributed by atoms with Gasteiger partial charge in [0.25, 0.3) is 0 Å². The Kier molecular flexibility index (Phi) is 10.4. The fourth-order valence-electron chi connectivity index (χ4n) is 2.79. The van der Waals surface area contributed by atoms with Crippen molar-refractivity contribution in [2.45, 2.75) is 18.9 Å². The summed E-state index contributed by atoms with van der Waals surface area (Å²) < 4.78 is 27.9. The molecule has 1 aromatic rings. The summed E-state index contributed by atoms with van der Waals surface area (Å²) in [6.45, 7) is 1.78. The molecule has 0 saturated carbocycles. The minimum absolute atomic E-state index is 0. The third-order valence-corrected chi connectivity index (χ3v) is 4.09. The van der Waals surface area contributed by atoms with Crippen LogP contribution in [0.15, 0.2) is 18.2 Å².